The molecule has 108 valence electrons. The molecule has 1 aromatic rings. The molecule has 0 fully saturated rings. The van der Waals surface area contributed by atoms with Crippen molar-refractivity contribution in [1.82, 2.24) is 14.9 Å². The molecule has 0 atom stereocenters. The second kappa shape index (κ2) is 5.77. The van der Waals surface area contributed by atoms with Crippen LogP contribution < -0.4 is 16.4 Å². The van der Waals surface area contributed by atoms with Crippen LogP contribution in [0, 0.1) is 0 Å². The summed E-state index contributed by atoms with van der Waals surface area (Å²) in [5.74, 6) is 0. The summed E-state index contributed by atoms with van der Waals surface area (Å²) in [7, 11) is 0. The van der Waals surface area contributed by atoms with Crippen molar-refractivity contribution >= 4 is 6.09 Å². The highest BCUT2D eigenvalue weighted by Gasteiger charge is 2.25. The van der Waals surface area contributed by atoms with Crippen molar-refractivity contribution in [3.8, 4) is 0 Å². The smallest absolute Gasteiger partial charge is 0.429 e. The molecule has 1 amide bonds. The first-order valence-corrected chi connectivity index (χ1v) is 6.16. The Bertz CT molecular complexity index is 506. The van der Waals surface area contributed by atoms with Crippen molar-refractivity contribution < 1.29 is 9.53 Å². The highest BCUT2D eigenvalue weighted by Crippen LogP contribution is 2.09. The predicted molar refractivity (Wildman–Crippen MR) is 69.9 cm³/mol. The number of amides is 1. The number of H-pyrrole nitrogens is 2. The lowest BCUT2D eigenvalue weighted by molar-refractivity contribution is 0.0533. The van der Waals surface area contributed by atoms with Crippen LogP contribution in [0.3, 0.4) is 0 Å². The lowest BCUT2D eigenvalue weighted by Gasteiger charge is -2.26. The first-order valence-electron chi connectivity index (χ1n) is 6.16. The number of hydrogen-bond donors (Lipinski definition) is 2. The molecular weight excluding hydrogens is 252 g/mol. The van der Waals surface area contributed by atoms with Crippen molar-refractivity contribution in [1.29, 1.82) is 0 Å². The van der Waals surface area contributed by atoms with Gasteiger partial charge in [0.2, 0.25) is 0 Å². The van der Waals surface area contributed by atoms with Gasteiger partial charge in [0.1, 0.15) is 5.60 Å². The second-order valence-electron chi connectivity index (χ2n) is 5.13. The third-order valence-electron chi connectivity index (χ3n) is 2.23. The molecule has 0 aliphatic rings. The minimum Gasteiger partial charge on any atom is -0.442 e. The standard InChI is InChI=1S/C11H20N4O4/c1-5-6-7-14(10(18)19-11(2,3)4)15-8(16)12-13-9(15)17/h5-7H2,1-4H3,(H,12,16)(H,13,17). The number of ether oxygens (including phenoxy) is 1. The zero-order valence-electron chi connectivity index (χ0n) is 11.6. The van der Waals surface area contributed by atoms with Crippen LogP contribution in [-0.2, 0) is 4.74 Å². The first-order chi connectivity index (χ1) is 8.76. The van der Waals surface area contributed by atoms with Gasteiger partial charge >= 0.3 is 17.5 Å². The molecule has 8 nitrogen and oxygen atoms in total. The Morgan fingerprint density at radius 1 is 1.26 bits per heavy atom. The molecule has 0 aliphatic heterocycles. The van der Waals surface area contributed by atoms with Crippen LogP contribution in [0.2, 0.25) is 0 Å². The summed E-state index contributed by atoms with van der Waals surface area (Å²) in [5.41, 5.74) is -2.10. The number of nitrogens with one attached hydrogen (secondary N) is 2. The highest BCUT2D eigenvalue weighted by atomic mass is 16.6. The van der Waals surface area contributed by atoms with Gasteiger partial charge in [0, 0.05) is 6.54 Å². The zero-order chi connectivity index (χ0) is 14.6. The number of hydrogen-bond acceptors (Lipinski definition) is 4. The van der Waals surface area contributed by atoms with Crippen LogP contribution in [0.25, 0.3) is 0 Å². The van der Waals surface area contributed by atoms with Gasteiger partial charge in [0.05, 0.1) is 0 Å². The van der Waals surface area contributed by atoms with Gasteiger partial charge in [-0.1, -0.05) is 13.3 Å². The fraction of sp³-hybridized carbons (Fsp3) is 0.727. The van der Waals surface area contributed by atoms with Crippen LogP contribution in [0.5, 0.6) is 0 Å². The van der Waals surface area contributed by atoms with E-state index in [1.807, 2.05) is 6.92 Å². The Hall–Kier alpha value is -1.99. The number of unbranched alkanes of at least 4 members (excludes halogenated alkanes) is 1. The van der Waals surface area contributed by atoms with Crippen molar-refractivity contribution in [2.45, 2.75) is 46.1 Å². The second-order valence-corrected chi connectivity index (χ2v) is 5.13. The molecule has 0 unspecified atom stereocenters. The van der Waals surface area contributed by atoms with Gasteiger partial charge in [-0.15, -0.1) is 4.68 Å². The van der Waals surface area contributed by atoms with Gasteiger partial charge in [0.25, 0.3) is 0 Å². The number of aromatic nitrogens is 3. The van der Waals surface area contributed by atoms with E-state index in [1.54, 1.807) is 20.8 Å². The van der Waals surface area contributed by atoms with Crippen LogP contribution in [-0.4, -0.2) is 33.1 Å². The van der Waals surface area contributed by atoms with Crippen LogP contribution in [0.15, 0.2) is 9.59 Å². The Morgan fingerprint density at radius 2 is 1.79 bits per heavy atom. The molecule has 1 aromatic heterocycles. The fourth-order valence-electron chi connectivity index (χ4n) is 1.42. The van der Waals surface area contributed by atoms with Crippen LogP contribution >= 0.6 is 0 Å². The zero-order valence-corrected chi connectivity index (χ0v) is 11.6. The fourth-order valence-corrected chi connectivity index (χ4v) is 1.42. The van der Waals surface area contributed by atoms with Crippen molar-refractivity contribution in [2.75, 3.05) is 11.6 Å². The minimum absolute atomic E-state index is 0.228. The average molecular weight is 272 g/mol. The van der Waals surface area contributed by atoms with E-state index in [0.717, 1.165) is 11.4 Å². The molecule has 19 heavy (non-hydrogen) atoms. The van der Waals surface area contributed by atoms with Crippen LogP contribution in [0.1, 0.15) is 40.5 Å². The van der Waals surface area contributed by atoms with Gasteiger partial charge in [-0.3, -0.25) is 0 Å². The lowest BCUT2D eigenvalue weighted by atomic mass is 10.2. The third-order valence-corrected chi connectivity index (χ3v) is 2.23. The Balaban J connectivity index is 3.05. The molecule has 0 spiro atoms. The number of aromatic amines is 2. The molecule has 0 radical (unpaired) electrons. The molecule has 2 N–H and O–H groups in total. The van der Waals surface area contributed by atoms with E-state index in [-0.39, 0.29) is 6.54 Å². The number of nitrogens with zero attached hydrogens (tertiary/aromatic N) is 2. The molecule has 0 saturated heterocycles. The molecule has 0 aliphatic carbocycles. The van der Waals surface area contributed by atoms with Gasteiger partial charge in [0.15, 0.2) is 0 Å². The van der Waals surface area contributed by atoms with Gasteiger partial charge in [-0.25, -0.2) is 29.6 Å². The van der Waals surface area contributed by atoms with Crippen molar-refractivity contribution in [2.24, 2.45) is 0 Å². The summed E-state index contributed by atoms with van der Waals surface area (Å²) < 4.78 is 5.90. The summed E-state index contributed by atoms with van der Waals surface area (Å²) in [6, 6.07) is 0. The van der Waals surface area contributed by atoms with E-state index in [1.165, 1.54) is 0 Å². The van der Waals surface area contributed by atoms with Gasteiger partial charge in [-0.2, -0.15) is 0 Å². The summed E-state index contributed by atoms with van der Waals surface area (Å²) >= 11 is 0. The van der Waals surface area contributed by atoms with E-state index < -0.39 is 23.1 Å². The van der Waals surface area contributed by atoms with Gasteiger partial charge < -0.3 is 4.74 Å². The first kappa shape index (κ1) is 15.1. The minimum atomic E-state index is -0.729. The van der Waals surface area contributed by atoms with E-state index in [9.17, 15) is 14.4 Å². The topological polar surface area (TPSA) is 100 Å². The normalized spacial score (nSPS) is 11.4. The number of carbonyl (C=O) groups is 1. The lowest BCUT2D eigenvalue weighted by Crippen LogP contribution is -2.52. The van der Waals surface area contributed by atoms with Crippen molar-refractivity contribution in [3.63, 3.8) is 0 Å². The summed E-state index contributed by atoms with van der Waals surface area (Å²) in [6.45, 7) is 7.32. The summed E-state index contributed by atoms with van der Waals surface area (Å²) in [5, 5.41) is 5.27. The molecule has 8 heteroatoms. The quantitative estimate of drug-likeness (QED) is 0.835. The molecule has 0 saturated carbocycles. The molecule has 0 bridgehead atoms. The number of rotatable bonds is 4. The maximum atomic E-state index is 12.0. The average Bonchev–Trinajstić information content (AvgIpc) is 2.58. The largest absolute Gasteiger partial charge is 0.442 e. The summed E-state index contributed by atoms with van der Waals surface area (Å²) in [4.78, 5) is 35.1. The Morgan fingerprint density at radius 3 is 2.21 bits per heavy atom. The SMILES string of the molecule is CCCCN(C(=O)OC(C)(C)C)n1c(=O)[nH][nH]c1=O. The molecule has 1 rings (SSSR count). The monoisotopic (exact) mass is 272 g/mol. The molecule has 0 aromatic carbocycles. The van der Waals surface area contributed by atoms with E-state index >= 15 is 0 Å². The highest BCUT2D eigenvalue weighted by molar-refractivity contribution is 5.78. The maximum Gasteiger partial charge on any atom is 0.429 e. The third kappa shape index (κ3) is 4.01. The van der Waals surface area contributed by atoms with Crippen molar-refractivity contribution in [3.05, 3.63) is 21.0 Å². The van der Waals surface area contributed by atoms with E-state index in [2.05, 4.69) is 10.2 Å². The maximum absolute atomic E-state index is 12.0. The van der Waals surface area contributed by atoms with E-state index in [4.69, 9.17) is 4.74 Å². The summed E-state index contributed by atoms with van der Waals surface area (Å²) in [6.07, 6.45) is 0.736. The van der Waals surface area contributed by atoms with Crippen LogP contribution in [0.4, 0.5) is 4.79 Å². The molecule has 1 heterocycles. The Labute approximate surface area is 110 Å². The Kier molecular flexibility index (Phi) is 4.57. The molecular formula is C11H20N4O4. The number of carbonyl (C=O) groups excluding carboxylic acids is 1. The van der Waals surface area contributed by atoms with E-state index in [0.29, 0.717) is 11.1 Å². The predicted octanol–water partition coefficient (Wildman–Crippen LogP) is 0.538. The van der Waals surface area contributed by atoms with Gasteiger partial charge in [-0.05, 0) is 27.2 Å².